The summed E-state index contributed by atoms with van der Waals surface area (Å²) in [6.07, 6.45) is 2.15. The van der Waals surface area contributed by atoms with E-state index in [-0.39, 0.29) is 30.2 Å². The number of amides is 1. The highest BCUT2D eigenvalue weighted by Crippen LogP contribution is 2.25. The number of aryl methyl sites for hydroxylation is 1. The Labute approximate surface area is 138 Å². The molecule has 1 amide bonds. The first-order chi connectivity index (χ1) is 10.5. The third-order valence-corrected chi connectivity index (χ3v) is 5.34. The summed E-state index contributed by atoms with van der Waals surface area (Å²) in [7, 11) is 0. The highest BCUT2D eigenvalue weighted by atomic mass is 32.2. The molecule has 5 nitrogen and oxygen atoms in total. The van der Waals surface area contributed by atoms with E-state index in [0.29, 0.717) is 0 Å². The number of aromatic nitrogens is 1. The molecule has 2 unspecified atom stereocenters. The fraction of sp³-hybridized carbons (Fsp3) is 0.467. The van der Waals surface area contributed by atoms with Crippen molar-refractivity contribution < 1.29 is 14.3 Å². The van der Waals surface area contributed by atoms with E-state index in [4.69, 9.17) is 4.42 Å². The molecule has 0 saturated heterocycles. The smallest absolute Gasteiger partial charge is 0.226 e. The van der Waals surface area contributed by atoms with Crippen LogP contribution in [0.3, 0.4) is 0 Å². The van der Waals surface area contributed by atoms with Gasteiger partial charge in [-0.15, -0.1) is 11.3 Å². The van der Waals surface area contributed by atoms with Crippen molar-refractivity contribution in [3.63, 3.8) is 0 Å². The molecule has 2 atom stereocenters. The maximum Gasteiger partial charge on any atom is 0.226 e. The molecule has 0 aliphatic heterocycles. The molecule has 0 aliphatic carbocycles. The third-order valence-electron chi connectivity index (χ3n) is 3.27. The molecule has 7 heteroatoms. The number of carbonyl (C=O) groups excluding carboxylic acids is 1. The van der Waals surface area contributed by atoms with Crippen molar-refractivity contribution in [3.05, 3.63) is 29.0 Å². The highest BCUT2D eigenvalue weighted by molar-refractivity contribution is 7.99. The van der Waals surface area contributed by atoms with E-state index in [1.807, 2.05) is 37.6 Å². The molecule has 2 aromatic rings. The summed E-state index contributed by atoms with van der Waals surface area (Å²) >= 11 is 3.00. The van der Waals surface area contributed by atoms with E-state index in [9.17, 15) is 9.90 Å². The zero-order valence-electron chi connectivity index (χ0n) is 12.8. The number of aliphatic hydroxyl groups excluding tert-OH is 1. The van der Waals surface area contributed by atoms with Gasteiger partial charge in [-0.05, 0) is 32.2 Å². The Balaban J connectivity index is 1.94. The van der Waals surface area contributed by atoms with Crippen LogP contribution in [-0.4, -0.2) is 40.2 Å². The molecule has 0 radical (unpaired) electrons. The van der Waals surface area contributed by atoms with Crippen molar-refractivity contribution in [2.24, 2.45) is 0 Å². The van der Waals surface area contributed by atoms with Gasteiger partial charge in [0.05, 0.1) is 18.7 Å². The quantitative estimate of drug-likeness (QED) is 0.810. The van der Waals surface area contributed by atoms with Crippen LogP contribution in [0.25, 0.3) is 10.8 Å². The summed E-state index contributed by atoms with van der Waals surface area (Å²) in [5.41, 5.74) is 0.725. The number of nitrogens with one attached hydrogen (secondary N) is 1. The Kier molecular flexibility index (Phi) is 6.05. The summed E-state index contributed by atoms with van der Waals surface area (Å²) < 4.78 is 5.53. The normalized spacial score (nSPS) is 13.8. The second-order valence-electron chi connectivity index (χ2n) is 5.04. The molecule has 0 spiro atoms. The number of thiazole rings is 1. The summed E-state index contributed by atoms with van der Waals surface area (Å²) in [6.45, 7) is 3.82. The van der Waals surface area contributed by atoms with Gasteiger partial charge in [0.25, 0.3) is 0 Å². The topological polar surface area (TPSA) is 75.4 Å². The highest BCUT2D eigenvalue weighted by Gasteiger charge is 2.18. The number of thioether (sulfide) groups is 1. The maximum atomic E-state index is 12.0. The molecule has 0 aromatic carbocycles. The lowest BCUT2D eigenvalue weighted by Gasteiger charge is -2.21. The lowest BCUT2D eigenvalue weighted by molar-refractivity contribution is -0.121. The predicted octanol–water partition coefficient (Wildman–Crippen LogP) is 2.48. The van der Waals surface area contributed by atoms with Crippen LogP contribution in [0, 0.1) is 6.92 Å². The van der Waals surface area contributed by atoms with E-state index in [2.05, 4.69) is 10.3 Å². The standard InChI is InChI=1S/C15H20N2O3S2/c1-9-4-5-12(20-9)15-17-11(8-22-15)6-14(19)16-10(2)13(7-18)21-3/h4-5,8,10,13,18H,6-7H2,1-3H3,(H,16,19). The third kappa shape index (κ3) is 4.34. The van der Waals surface area contributed by atoms with Gasteiger partial charge >= 0.3 is 0 Å². The van der Waals surface area contributed by atoms with Crippen molar-refractivity contribution in [2.45, 2.75) is 31.6 Å². The fourth-order valence-electron chi connectivity index (χ4n) is 2.05. The van der Waals surface area contributed by atoms with Crippen LogP contribution in [0.1, 0.15) is 18.4 Å². The van der Waals surface area contributed by atoms with Crippen molar-refractivity contribution in [3.8, 4) is 10.8 Å². The van der Waals surface area contributed by atoms with E-state index in [1.54, 1.807) is 0 Å². The molecule has 2 N–H and O–H groups in total. The molecule has 2 heterocycles. The van der Waals surface area contributed by atoms with Crippen LogP contribution in [0.4, 0.5) is 0 Å². The molecule has 0 fully saturated rings. The number of rotatable bonds is 7. The maximum absolute atomic E-state index is 12.0. The number of aliphatic hydroxyl groups is 1. The van der Waals surface area contributed by atoms with Crippen molar-refractivity contribution in [1.82, 2.24) is 10.3 Å². The van der Waals surface area contributed by atoms with E-state index in [1.165, 1.54) is 23.1 Å². The lowest BCUT2D eigenvalue weighted by Crippen LogP contribution is -2.41. The van der Waals surface area contributed by atoms with Gasteiger partial charge in [-0.1, -0.05) is 0 Å². The van der Waals surface area contributed by atoms with Gasteiger partial charge in [-0.25, -0.2) is 4.98 Å². The van der Waals surface area contributed by atoms with Crippen LogP contribution in [0.2, 0.25) is 0 Å². The van der Waals surface area contributed by atoms with Gasteiger partial charge in [0.2, 0.25) is 5.91 Å². The molecular weight excluding hydrogens is 320 g/mol. The molecule has 22 heavy (non-hydrogen) atoms. The molecular formula is C15H20N2O3S2. The molecule has 0 bridgehead atoms. The monoisotopic (exact) mass is 340 g/mol. The minimum Gasteiger partial charge on any atom is -0.459 e. The van der Waals surface area contributed by atoms with Gasteiger partial charge in [0, 0.05) is 16.7 Å². The van der Waals surface area contributed by atoms with Gasteiger partial charge < -0.3 is 14.8 Å². The summed E-state index contributed by atoms with van der Waals surface area (Å²) in [5.74, 6) is 1.48. The first kappa shape index (κ1) is 17.1. The van der Waals surface area contributed by atoms with Crippen LogP contribution < -0.4 is 5.32 Å². The zero-order chi connectivity index (χ0) is 16.1. The van der Waals surface area contributed by atoms with Crippen LogP contribution >= 0.6 is 23.1 Å². The van der Waals surface area contributed by atoms with E-state index in [0.717, 1.165) is 22.2 Å². The Morgan fingerprint density at radius 1 is 1.55 bits per heavy atom. The Hall–Kier alpha value is -1.31. The fourth-order valence-corrected chi connectivity index (χ4v) is 3.45. The molecule has 2 rings (SSSR count). The van der Waals surface area contributed by atoms with Crippen molar-refractivity contribution in [1.29, 1.82) is 0 Å². The molecule has 2 aromatic heterocycles. The SMILES string of the molecule is CSC(CO)C(C)NC(=O)Cc1csc(-c2ccc(C)o2)n1. The minimum absolute atomic E-state index is 0.000962. The number of hydrogen-bond donors (Lipinski definition) is 2. The Morgan fingerprint density at radius 2 is 2.32 bits per heavy atom. The van der Waals surface area contributed by atoms with Crippen LogP contribution in [0.15, 0.2) is 21.9 Å². The first-order valence-electron chi connectivity index (χ1n) is 6.97. The van der Waals surface area contributed by atoms with Crippen LogP contribution in [-0.2, 0) is 11.2 Å². The average molecular weight is 340 g/mol. The van der Waals surface area contributed by atoms with Crippen molar-refractivity contribution >= 4 is 29.0 Å². The number of furan rings is 1. The van der Waals surface area contributed by atoms with Gasteiger partial charge in [0.15, 0.2) is 10.8 Å². The van der Waals surface area contributed by atoms with Gasteiger partial charge in [-0.2, -0.15) is 11.8 Å². The van der Waals surface area contributed by atoms with Crippen molar-refractivity contribution in [2.75, 3.05) is 12.9 Å². The van der Waals surface area contributed by atoms with Gasteiger partial charge in [0.1, 0.15) is 5.76 Å². The predicted molar refractivity (Wildman–Crippen MR) is 90.3 cm³/mol. The summed E-state index contributed by atoms with van der Waals surface area (Å²) in [4.78, 5) is 16.5. The van der Waals surface area contributed by atoms with Crippen LogP contribution in [0.5, 0.6) is 0 Å². The average Bonchev–Trinajstić information content (AvgIpc) is 3.09. The van der Waals surface area contributed by atoms with E-state index < -0.39 is 0 Å². The number of nitrogens with zero attached hydrogens (tertiary/aromatic N) is 1. The Bertz CT molecular complexity index is 620. The zero-order valence-corrected chi connectivity index (χ0v) is 14.5. The number of carbonyl (C=O) groups is 1. The summed E-state index contributed by atoms with van der Waals surface area (Å²) in [6, 6.07) is 3.69. The second kappa shape index (κ2) is 7.80. The number of hydrogen-bond acceptors (Lipinski definition) is 6. The summed E-state index contributed by atoms with van der Waals surface area (Å²) in [5, 5.41) is 14.8. The molecule has 120 valence electrons. The minimum atomic E-state index is -0.0903. The van der Waals surface area contributed by atoms with Gasteiger partial charge in [-0.3, -0.25) is 4.79 Å². The lowest BCUT2D eigenvalue weighted by atomic mass is 10.2. The Morgan fingerprint density at radius 3 is 2.91 bits per heavy atom. The molecule has 0 aliphatic rings. The van der Waals surface area contributed by atoms with E-state index >= 15 is 0 Å². The first-order valence-corrected chi connectivity index (χ1v) is 9.14. The molecule has 0 saturated carbocycles. The second-order valence-corrected chi connectivity index (χ2v) is 6.98. The largest absolute Gasteiger partial charge is 0.459 e.